The standard InChI is InChI=1S/C36H40FN3O4S/c1-26-20-21-30(22-27(26)2)40(45(43,44)31-17-10-7-11-18-31)25-34(41)39(24-29-16-12-13-19-32(29)37)33(35(42)38-36(3,4)5)23-28-14-8-6-9-15-28/h6-22,33H,23-25H2,1-5H3,(H,38,42)/t33-/m1/s1. The van der Waals surface area contributed by atoms with Gasteiger partial charge in [-0.2, -0.15) is 0 Å². The van der Waals surface area contributed by atoms with E-state index in [2.05, 4.69) is 5.32 Å². The first kappa shape index (κ1) is 33.4. The monoisotopic (exact) mass is 629 g/mol. The van der Waals surface area contributed by atoms with E-state index >= 15 is 4.39 Å². The molecule has 0 bridgehead atoms. The van der Waals surface area contributed by atoms with E-state index in [0.717, 1.165) is 21.0 Å². The lowest BCUT2D eigenvalue weighted by Gasteiger charge is -2.35. The van der Waals surface area contributed by atoms with Crippen LogP contribution in [0.1, 0.15) is 43.0 Å². The molecule has 0 unspecified atom stereocenters. The second-order valence-corrected chi connectivity index (χ2v) is 14.0. The summed E-state index contributed by atoms with van der Waals surface area (Å²) in [5.74, 6) is -1.62. The van der Waals surface area contributed by atoms with Crippen LogP contribution in [0.4, 0.5) is 10.1 Å². The minimum atomic E-state index is -4.22. The van der Waals surface area contributed by atoms with Gasteiger partial charge in [0.05, 0.1) is 10.6 Å². The molecule has 0 aromatic heterocycles. The lowest BCUT2D eigenvalue weighted by Crippen LogP contribution is -2.56. The molecule has 0 aliphatic carbocycles. The van der Waals surface area contributed by atoms with Crippen LogP contribution < -0.4 is 9.62 Å². The van der Waals surface area contributed by atoms with Crippen LogP contribution in [0.2, 0.25) is 0 Å². The van der Waals surface area contributed by atoms with Gasteiger partial charge in [0.25, 0.3) is 10.0 Å². The highest BCUT2D eigenvalue weighted by Gasteiger charge is 2.36. The zero-order valence-electron chi connectivity index (χ0n) is 26.3. The summed E-state index contributed by atoms with van der Waals surface area (Å²) in [7, 11) is -4.22. The van der Waals surface area contributed by atoms with Gasteiger partial charge in [-0.3, -0.25) is 13.9 Å². The molecule has 7 nitrogen and oxygen atoms in total. The van der Waals surface area contributed by atoms with Gasteiger partial charge < -0.3 is 10.2 Å². The number of amides is 2. The van der Waals surface area contributed by atoms with Crippen molar-refractivity contribution in [1.29, 1.82) is 0 Å². The second kappa shape index (κ2) is 14.1. The number of rotatable bonds is 11. The van der Waals surface area contributed by atoms with E-state index < -0.39 is 45.8 Å². The van der Waals surface area contributed by atoms with Gasteiger partial charge in [0, 0.05) is 24.1 Å². The van der Waals surface area contributed by atoms with Crippen molar-refractivity contribution in [3.63, 3.8) is 0 Å². The van der Waals surface area contributed by atoms with E-state index in [1.54, 1.807) is 54.6 Å². The van der Waals surface area contributed by atoms with Crippen LogP contribution >= 0.6 is 0 Å². The van der Waals surface area contributed by atoms with Crippen molar-refractivity contribution < 1.29 is 22.4 Å². The normalized spacial score (nSPS) is 12.3. The van der Waals surface area contributed by atoms with Gasteiger partial charge in [0.2, 0.25) is 11.8 Å². The Labute approximate surface area is 265 Å². The summed E-state index contributed by atoms with van der Waals surface area (Å²) in [6.45, 7) is 8.43. The number of benzene rings is 4. The third-order valence-corrected chi connectivity index (χ3v) is 9.24. The number of hydrogen-bond donors (Lipinski definition) is 1. The van der Waals surface area contributed by atoms with E-state index in [0.29, 0.717) is 5.69 Å². The van der Waals surface area contributed by atoms with Gasteiger partial charge in [-0.25, -0.2) is 12.8 Å². The molecule has 0 heterocycles. The molecular weight excluding hydrogens is 589 g/mol. The Bertz CT molecular complexity index is 1740. The number of halogens is 1. The average Bonchev–Trinajstić information content (AvgIpc) is 3.00. The number of hydrogen-bond acceptors (Lipinski definition) is 4. The van der Waals surface area contributed by atoms with E-state index in [4.69, 9.17) is 0 Å². The van der Waals surface area contributed by atoms with Crippen molar-refractivity contribution in [2.75, 3.05) is 10.8 Å². The second-order valence-electron chi connectivity index (χ2n) is 12.2. The fraction of sp³-hybridized carbons (Fsp3) is 0.278. The molecule has 4 aromatic carbocycles. The molecule has 2 amide bonds. The number of anilines is 1. The molecule has 9 heteroatoms. The quantitative estimate of drug-likeness (QED) is 0.214. The zero-order valence-corrected chi connectivity index (χ0v) is 27.1. The molecular formula is C36H40FN3O4S. The summed E-state index contributed by atoms with van der Waals surface area (Å²) in [4.78, 5) is 29.7. The maximum atomic E-state index is 15.1. The summed E-state index contributed by atoms with van der Waals surface area (Å²) in [6, 6.07) is 27.3. The lowest BCUT2D eigenvalue weighted by molar-refractivity contribution is -0.140. The lowest BCUT2D eigenvalue weighted by atomic mass is 10.0. The van der Waals surface area contributed by atoms with Crippen LogP contribution in [-0.4, -0.2) is 43.3 Å². The molecule has 4 aromatic rings. The van der Waals surface area contributed by atoms with Crippen LogP contribution in [0, 0.1) is 19.7 Å². The van der Waals surface area contributed by atoms with Crippen LogP contribution in [0.3, 0.4) is 0 Å². The summed E-state index contributed by atoms with van der Waals surface area (Å²) < 4.78 is 44.3. The summed E-state index contributed by atoms with van der Waals surface area (Å²) in [5, 5.41) is 2.97. The fourth-order valence-corrected chi connectivity index (χ4v) is 6.37. The average molecular weight is 630 g/mol. The topological polar surface area (TPSA) is 86.8 Å². The molecule has 0 radical (unpaired) electrons. The number of carbonyl (C=O) groups is 2. The summed E-state index contributed by atoms with van der Waals surface area (Å²) in [5.41, 5.74) is 2.49. The Hall–Kier alpha value is -4.50. The third-order valence-electron chi connectivity index (χ3n) is 7.46. The number of nitrogens with one attached hydrogen (secondary N) is 1. The molecule has 0 spiro atoms. The fourth-order valence-electron chi connectivity index (χ4n) is 4.95. The summed E-state index contributed by atoms with van der Waals surface area (Å²) >= 11 is 0. The highest BCUT2D eigenvalue weighted by Crippen LogP contribution is 2.27. The predicted molar refractivity (Wildman–Crippen MR) is 176 cm³/mol. The maximum Gasteiger partial charge on any atom is 0.264 e. The van der Waals surface area contributed by atoms with Gasteiger partial charge in [-0.1, -0.05) is 72.8 Å². The molecule has 0 saturated heterocycles. The molecule has 0 aliphatic rings. The largest absolute Gasteiger partial charge is 0.350 e. The summed E-state index contributed by atoms with van der Waals surface area (Å²) in [6.07, 6.45) is 0.137. The Morgan fingerprint density at radius 2 is 1.42 bits per heavy atom. The van der Waals surface area contributed by atoms with Gasteiger partial charge in [0.1, 0.15) is 18.4 Å². The van der Waals surface area contributed by atoms with E-state index in [1.807, 2.05) is 65.0 Å². The SMILES string of the molecule is Cc1ccc(N(CC(=O)N(Cc2ccccc2F)[C@H](Cc2ccccc2)C(=O)NC(C)(C)C)S(=O)(=O)c2ccccc2)cc1C. The molecule has 236 valence electrons. The van der Waals surface area contributed by atoms with E-state index in [1.165, 1.54) is 23.1 Å². The van der Waals surface area contributed by atoms with Crippen molar-refractivity contribution in [3.8, 4) is 0 Å². The molecule has 4 rings (SSSR count). The third kappa shape index (κ3) is 8.57. The van der Waals surface area contributed by atoms with Gasteiger partial charge in [-0.05, 0) is 81.6 Å². The first-order valence-electron chi connectivity index (χ1n) is 14.8. The predicted octanol–water partition coefficient (Wildman–Crippen LogP) is 6.19. The molecule has 1 N–H and O–H groups in total. The number of nitrogens with zero attached hydrogens (tertiary/aromatic N) is 2. The molecule has 0 saturated carbocycles. The van der Waals surface area contributed by atoms with Crippen molar-refractivity contribution >= 4 is 27.5 Å². The van der Waals surface area contributed by atoms with E-state index in [-0.39, 0.29) is 23.4 Å². The molecule has 45 heavy (non-hydrogen) atoms. The zero-order chi connectivity index (χ0) is 32.8. The maximum absolute atomic E-state index is 15.1. The van der Waals surface area contributed by atoms with Crippen molar-refractivity contribution in [3.05, 3.63) is 131 Å². The number of carbonyl (C=O) groups excluding carboxylic acids is 2. The Morgan fingerprint density at radius 3 is 2.02 bits per heavy atom. The van der Waals surface area contributed by atoms with Crippen LogP contribution in [0.5, 0.6) is 0 Å². The number of sulfonamides is 1. The highest BCUT2D eigenvalue weighted by molar-refractivity contribution is 7.92. The first-order valence-corrected chi connectivity index (χ1v) is 16.2. The molecule has 0 fully saturated rings. The molecule has 0 aliphatic heterocycles. The van der Waals surface area contributed by atoms with Crippen LogP contribution in [-0.2, 0) is 32.6 Å². The Balaban J connectivity index is 1.84. The van der Waals surface area contributed by atoms with Crippen LogP contribution in [0.15, 0.2) is 108 Å². The first-order chi connectivity index (χ1) is 21.3. The van der Waals surface area contributed by atoms with Gasteiger partial charge in [-0.15, -0.1) is 0 Å². The van der Waals surface area contributed by atoms with Gasteiger partial charge >= 0.3 is 0 Å². The van der Waals surface area contributed by atoms with Crippen molar-refractivity contribution in [2.24, 2.45) is 0 Å². The van der Waals surface area contributed by atoms with Crippen molar-refractivity contribution in [1.82, 2.24) is 10.2 Å². The minimum Gasteiger partial charge on any atom is -0.350 e. The van der Waals surface area contributed by atoms with E-state index in [9.17, 15) is 18.0 Å². The highest BCUT2D eigenvalue weighted by atomic mass is 32.2. The van der Waals surface area contributed by atoms with Crippen molar-refractivity contribution in [2.45, 2.75) is 64.1 Å². The smallest absolute Gasteiger partial charge is 0.264 e. The van der Waals surface area contributed by atoms with Crippen LogP contribution in [0.25, 0.3) is 0 Å². The Kier molecular flexibility index (Phi) is 10.4. The number of aryl methyl sites for hydroxylation is 2. The van der Waals surface area contributed by atoms with Gasteiger partial charge in [0.15, 0.2) is 0 Å². The molecule has 1 atom stereocenters. The minimum absolute atomic E-state index is 0.0167. The Morgan fingerprint density at radius 1 is 0.822 bits per heavy atom.